The molecule has 1 aromatic carbocycles. The van der Waals surface area contributed by atoms with E-state index in [1.54, 1.807) is 43.1 Å². The Morgan fingerprint density at radius 1 is 1.45 bits per heavy atom. The number of ether oxygens (including phenoxy) is 1. The van der Waals surface area contributed by atoms with Crippen LogP contribution in [0.2, 0.25) is 0 Å². The van der Waals surface area contributed by atoms with Gasteiger partial charge in [-0.1, -0.05) is 6.08 Å². The molecule has 1 aliphatic carbocycles. The highest BCUT2D eigenvalue weighted by Crippen LogP contribution is 2.38. The average molecular weight is 417 g/mol. The van der Waals surface area contributed by atoms with Gasteiger partial charge in [0.05, 0.1) is 7.11 Å². The number of methoxy groups -OCH3 is 1. The van der Waals surface area contributed by atoms with Crippen LogP contribution in [0.4, 0.5) is 10.2 Å². The molecule has 6 nitrogen and oxygen atoms in total. The largest absolute Gasteiger partial charge is 0.496 e. The fourth-order valence-corrected chi connectivity index (χ4v) is 3.15. The van der Waals surface area contributed by atoms with E-state index in [1.807, 2.05) is 17.7 Å². The zero-order valence-corrected chi connectivity index (χ0v) is 17.6. The van der Waals surface area contributed by atoms with Crippen molar-refractivity contribution in [1.82, 2.24) is 14.9 Å². The first kappa shape index (κ1) is 21.1. The van der Waals surface area contributed by atoms with Gasteiger partial charge in [-0.3, -0.25) is 4.79 Å². The second kappa shape index (κ2) is 9.73. The minimum absolute atomic E-state index is 0.174. The summed E-state index contributed by atoms with van der Waals surface area (Å²) in [6.07, 6.45) is 7.59. The summed E-state index contributed by atoms with van der Waals surface area (Å²) < 4.78 is 19.0. The van der Waals surface area contributed by atoms with E-state index in [1.165, 1.54) is 12.1 Å². The number of rotatable bonds is 9. The van der Waals surface area contributed by atoms with Gasteiger partial charge in [-0.15, -0.1) is 11.8 Å². The molecule has 0 aliphatic heterocycles. The molecule has 0 bridgehead atoms. The van der Waals surface area contributed by atoms with Crippen LogP contribution in [0.5, 0.6) is 5.75 Å². The third-order valence-corrected chi connectivity index (χ3v) is 5.09. The van der Waals surface area contributed by atoms with Gasteiger partial charge >= 0.3 is 0 Å². The quantitative estimate of drug-likeness (QED) is 0.665. The maximum Gasteiger partial charge on any atom is 0.259 e. The van der Waals surface area contributed by atoms with E-state index in [0.717, 1.165) is 18.7 Å². The summed E-state index contributed by atoms with van der Waals surface area (Å²) in [5.41, 5.74) is 1.04. The number of carbonyl (C=O) groups excluding carboxylic acids is 1. The first-order valence-electron chi connectivity index (χ1n) is 9.40. The van der Waals surface area contributed by atoms with Crippen LogP contribution in [0.3, 0.4) is 0 Å². The lowest BCUT2D eigenvalue weighted by molar-refractivity contribution is 0.0810. The van der Waals surface area contributed by atoms with Crippen molar-refractivity contribution < 1.29 is 13.9 Å². The lowest BCUT2D eigenvalue weighted by Gasteiger charge is -2.18. The Labute approximate surface area is 174 Å². The molecule has 1 aliphatic rings. The Hall–Kier alpha value is -2.61. The molecule has 1 saturated carbocycles. The van der Waals surface area contributed by atoms with Crippen molar-refractivity contribution in [3.63, 3.8) is 0 Å². The van der Waals surface area contributed by atoms with Crippen LogP contribution < -0.4 is 10.1 Å². The topological polar surface area (TPSA) is 67.3 Å². The van der Waals surface area contributed by atoms with E-state index in [0.29, 0.717) is 35.2 Å². The molecule has 1 amide bonds. The van der Waals surface area contributed by atoms with Crippen molar-refractivity contribution in [2.24, 2.45) is 0 Å². The van der Waals surface area contributed by atoms with E-state index < -0.39 is 0 Å². The molecule has 0 saturated heterocycles. The Morgan fingerprint density at radius 3 is 2.93 bits per heavy atom. The van der Waals surface area contributed by atoms with E-state index >= 15 is 0 Å². The molecule has 0 radical (unpaired) electrons. The van der Waals surface area contributed by atoms with Crippen molar-refractivity contribution in [3.05, 3.63) is 58.6 Å². The molecule has 0 atom stereocenters. The number of amides is 1. The molecule has 1 aromatic heterocycles. The Morgan fingerprint density at radius 2 is 2.24 bits per heavy atom. The van der Waals surface area contributed by atoms with Crippen molar-refractivity contribution in [1.29, 1.82) is 0 Å². The summed E-state index contributed by atoms with van der Waals surface area (Å²) in [6.45, 7) is 0.764. The molecular weight excluding hydrogens is 391 g/mol. The van der Waals surface area contributed by atoms with Crippen molar-refractivity contribution >= 4 is 23.5 Å². The highest BCUT2D eigenvalue weighted by atomic mass is 32.2. The fraction of sp³-hybridized carbons (Fsp3) is 0.381. The predicted octanol–water partition coefficient (Wildman–Crippen LogP) is 4.06. The molecular formula is C21H25FN4O2S. The van der Waals surface area contributed by atoms with Crippen LogP contribution in [0.1, 0.15) is 40.5 Å². The smallest absolute Gasteiger partial charge is 0.259 e. The van der Waals surface area contributed by atoms with E-state index in [-0.39, 0.29) is 18.3 Å². The number of hydrogen-bond donors (Lipinski definition) is 1. The number of thioether (sulfide) groups is 1. The maximum absolute atomic E-state index is 13.7. The summed E-state index contributed by atoms with van der Waals surface area (Å²) in [5, 5.41) is 5.13. The summed E-state index contributed by atoms with van der Waals surface area (Å²) in [7, 11) is 3.28. The van der Waals surface area contributed by atoms with Crippen molar-refractivity contribution in [2.75, 3.05) is 32.3 Å². The summed E-state index contributed by atoms with van der Waals surface area (Å²) >= 11 is 1.58. The molecule has 8 heteroatoms. The number of nitrogens with one attached hydrogen (secondary N) is 1. The molecule has 29 heavy (non-hydrogen) atoms. The Balaban J connectivity index is 1.84. The van der Waals surface area contributed by atoms with Gasteiger partial charge in [0, 0.05) is 37.8 Å². The van der Waals surface area contributed by atoms with Crippen molar-refractivity contribution in [3.8, 4) is 5.75 Å². The monoisotopic (exact) mass is 416 g/mol. The van der Waals surface area contributed by atoms with E-state index in [4.69, 9.17) is 4.74 Å². The molecule has 1 heterocycles. The fourth-order valence-electron chi connectivity index (χ4n) is 2.88. The third kappa shape index (κ3) is 5.47. The molecule has 0 spiro atoms. The van der Waals surface area contributed by atoms with Crippen LogP contribution in [0.15, 0.2) is 35.9 Å². The molecule has 1 fully saturated rings. The Kier molecular flexibility index (Phi) is 7.09. The number of anilines is 1. The Bertz CT molecular complexity index is 902. The van der Waals surface area contributed by atoms with Gasteiger partial charge in [-0.2, -0.15) is 0 Å². The number of aromatic nitrogens is 2. The maximum atomic E-state index is 13.7. The number of nitrogens with zero attached hydrogens (tertiary/aromatic N) is 3. The number of benzene rings is 1. The first-order valence-corrected chi connectivity index (χ1v) is 10.7. The zero-order valence-electron chi connectivity index (χ0n) is 16.8. The number of likely N-dealkylation sites (N-methyl/N-ethyl adjacent to an activating group) is 1. The van der Waals surface area contributed by atoms with Gasteiger partial charge in [0.1, 0.15) is 28.8 Å². The van der Waals surface area contributed by atoms with Gasteiger partial charge in [-0.05, 0) is 42.7 Å². The normalized spacial score (nSPS) is 13.5. The van der Waals surface area contributed by atoms with E-state index in [2.05, 4.69) is 15.3 Å². The zero-order chi connectivity index (χ0) is 20.8. The molecule has 2 aromatic rings. The summed E-state index contributed by atoms with van der Waals surface area (Å²) in [6, 6.07) is 4.35. The van der Waals surface area contributed by atoms with Gasteiger partial charge in [0.15, 0.2) is 0 Å². The van der Waals surface area contributed by atoms with E-state index in [9.17, 15) is 9.18 Å². The lowest BCUT2D eigenvalue weighted by Crippen LogP contribution is -2.28. The van der Waals surface area contributed by atoms with Crippen molar-refractivity contribution in [2.45, 2.75) is 25.3 Å². The third-order valence-electron chi connectivity index (χ3n) is 4.63. The summed E-state index contributed by atoms with van der Waals surface area (Å²) in [4.78, 5) is 23.5. The lowest BCUT2D eigenvalue weighted by atomic mass is 10.2. The number of halogens is 1. The molecule has 3 rings (SSSR count). The van der Waals surface area contributed by atoms with Gasteiger partial charge in [-0.25, -0.2) is 14.4 Å². The van der Waals surface area contributed by atoms with Gasteiger partial charge in [0.2, 0.25) is 0 Å². The number of hydrogen-bond acceptors (Lipinski definition) is 6. The number of carbonyl (C=O) groups is 1. The SMILES string of the molecule is COc1ccc(F)cc1CNc1nc(C2CC2)ncc1C(=O)N(C)C/C=C/SC. The molecule has 0 unspecified atom stereocenters. The van der Waals surface area contributed by atoms with Gasteiger partial charge < -0.3 is 15.0 Å². The molecule has 154 valence electrons. The van der Waals surface area contributed by atoms with Crippen LogP contribution in [-0.4, -0.2) is 47.7 Å². The predicted molar refractivity (Wildman–Crippen MR) is 114 cm³/mol. The first-order chi connectivity index (χ1) is 14.0. The van der Waals surface area contributed by atoms with Crippen LogP contribution in [0.25, 0.3) is 0 Å². The molecule has 1 N–H and O–H groups in total. The minimum Gasteiger partial charge on any atom is -0.496 e. The second-order valence-corrected chi connectivity index (χ2v) is 7.61. The standard InChI is InChI=1S/C21H25FN4O2S/c1-26(9-4-10-29-3)21(27)17-13-24-19(14-5-6-14)25-20(17)23-12-15-11-16(22)7-8-18(15)28-2/h4,7-8,10-11,13-14H,5-6,9,12H2,1-3H3,(H,23,24,25)/b10-4+. The van der Waals surface area contributed by atoms with Gasteiger partial charge in [0.25, 0.3) is 5.91 Å². The highest BCUT2D eigenvalue weighted by molar-refractivity contribution is 8.01. The average Bonchev–Trinajstić information content (AvgIpc) is 3.57. The minimum atomic E-state index is -0.347. The van der Waals surface area contributed by atoms with Crippen LogP contribution >= 0.6 is 11.8 Å². The van der Waals surface area contributed by atoms with Crippen LogP contribution in [0, 0.1) is 5.82 Å². The second-order valence-electron chi connectivity index (χ2n) is 6.87. The summed E-state index contributed by atoms with van der Waals surface area (Å²) in [5.74, 6) is 1.60. The van der Waals surface area contributed by atoms with Crippen LogP contribution in [-0.2, 0) is 6.54 Å². The highest BCUT2D eigenvalue weighted by Gasteiger charge is 2.28.